The molecule has 2 aromatic rings. The average Bonchev–Trinajstić information content (AvgIpc) is 2.50. The summed E-state index contributed by atoms with van der Waals surface area (Å²) in [6.07, 6.45) is 0.810. The summed E-state index contributed by atoms with van der Waals surface area (Å²) in [5.74, 6) is 0.839. The van der Waals surface area contributed by atoms with E-state index < -0.39 is 6.10 Å². The molecule has 2 nitrogen and oxygen atoms in total. The Kier molecular flexibility index (Phi) is 3.93. The summed E-state index contributed by atoms with van der Waals surface area (Å²) in [5.41, 5.74) is 2.74. The van der Waals surface area contributed by atoms with Crippen LogP contribution < -0.4 is 4.74 Å². The molecule has 1 heterocycles. The summed E-state index contributed by atoms with van der Waals surface area (Å²) in [5, 5.41) is 10.5. The summed E-state index contributed by atoms with van der Waals surface area (Å²) in [6.45, 7) is 2.56. The molecule has 0 amide bonds. The zero-order valence-electron chi connectivity index (χ0n) is 12.1. The second-order valence-electron chi connectivity index (χ2n) is 5.62. The van der Waals surface area contributed by atoms with Crippen molar-refractivity contribution in [2.45, 2.75) is 31.8 Å². The summed E-state index contributed by atoms with van der Waals surface area (Å²) in [4.78, 5) is 0. The van der Waals surface area contributed by atoms with E-state index >= 15 is 0 Å². The molecule has 1 aliphatic rings. The molecular formula is C18H19FO2. The number of halogens is 1. The maximum Gasteiger partial charge on any atom is 0.123 e. The zero-order valence-corrected chi connectivity index (χ0v) is 12.1. The van der Waals surface area contributed by atoms with Crippen molar-refractivity contribution in [2.24, 2.45) is 0 Å². The summed E-state index contributed by atoms with van der Waals surface area (Å²) in [7, 11) is 0. The Labute approximate surface area is 124 Å². The van der Waals surface area contributed by atoms with Gasteiger partial charge in [-0.2, -0.15) is 0 Å². The molecule has 0 saturated heterocycles. The molecule has 3 rings (SSSR count). The van der Waals surface area contributed by atoms with Gasteiger partial charge < -0.3 is 9.84 Å². The van der Waals surface area contributed by atoms with E-state index in [2.05, 4.69) is 0 Å². The number of hydrogen-bond donors (Lipinski definition) is 1. The zero-order chi connectivity index (χ0) is 14.8. The lowest BCUT2D eigenvalue weighted by molar-refractivity contribution is 0.144. The lowest BCUT2D eigenvalue weighted by atomic mass is 9.86. The normalized spacial score (nSPS) is 18.7. The molecule has 0 aliphatic carbocycles. The molecule has 0 aromatic heterocycles. The fraction of sp³-hybridized carbons (Fsp3) is 0.333. The van der Waals surface area contributed by atoms with Gasteiger partial charge in [0, 0.05) is 0 Å². The van der Waals surface area contributed by atoms with Crippen molar-refractivity contribution in [3.05, 3.63) is 65.0 Å². The Morgan fingerprint density at radius 2 is 2.10 bits per heavy atom. The number of aryl methyl sites for hydroxylation is 1. The maximum atomic E-state index is 13.4. The fourth-order valence-corrected chi connectivity index (χ4v) is 3.03. The Bertz CT molecular complexity index is 639. The number of fused-ring (bicyclic) bond motifs is 1. The molecule has 0 fully saturated rings. The van der Waals surface area contributed by atoms with Gasteiger partial charge >= 0.3 is 0 Å². The number of para-hydroxylation sites is 1. The van der Waals surface area contributed by atoms with Gasteiger partial charge in [-0.15, -0.1) is 0 Å². The first-order valence-electron chi connectivity index (χ1n) is 7.31. The fourth-order valence-electron chi connectivity index (χ4n) is 3.03. The SMILES string of the molecule is Cc1ccc(F)cc1C(O)CC1CCOc2ccccc21. The van der Waals surface area contributed by atoms with Gasteiger partial charge in [-0.25, -0.2) is 4.39 Å². The van der Waals surface area contributed by atoms with Crippen LogP contribution in [0.25, 0.3) is 0 Å². The van der Waals surface area contributed by atoms with E-state index in [0.29, 0.717) is 18.6 Å². The van der Waals surface area contributed by atoms with Crippen LogP contribution in [0, 0.1) is 12.7 Å². The second kappa shape index (κ2) is 5.86. The number of benzene rings is 2. The molecule has 2 aromatic carbocycles. The van der Waals surface area contributed by atoms with Gasteiger partial charge in [-0.3, -0.25) is 0 Å². The first kappa shape index (κ1) is 14.1. The van der Waals surface area contributed by atoms with Gasteiger partial charge in [0.05, 0.1) is 12.7 Å². The predicted octanol–water partition coefficient (Wildman–Crippen LogP) is 4.12. The molecular weight excluding hydrogens is 267 g/mol. The van der Waals surface area contributed by atoms with Crippen LogP contribution in [0.4, 0.5) is 4.39 Å². The molecule has 3 heteroatoms. The largest absolute Gasteiger partial charge is 0.493 e. The van der Waals surface area contributed by atoms with Crippen LogP contribution in [0.1, 0.15) is 41.6 Å². The highest BCUT2D eigenvalue weighted by atomic mass is 19.1. The molecule has 2 atom stereocenters. The Morgan fingerprint density at radius 3 is 2.95 bits per heavy atom. The quantitative estimate of drug-likeness (QED) is 0.919. The van der Waals surface area contributed by atoms with Crippen LogP contribution in [-0.2, 0) is 0 Å². The lowest BCUT2D eigenvalue weighted by Gasteiger charge is -2.28. The topological polar surface area (TPSA) is 29.5 Å². The van der Waals surface area contributed by atoms with Crippen molar-refractivity contribution in [1.82, 2.24) is 0 Å². The Balaban J connectivity index is 1.82. The van der Waals surface area contributed by atoms with Gasteiger partial charge in [0.2, 0.25) is 0 Å². The highest BCUT2D eigenvalue weighted by molar-refractivity contribution is 5.38. The van der Waals surface area contributed by atoms with Gasteiger partial charge in [-0.05, 0) is 60.6 Å². The van der Waals surface area contributed by atoms with Crippen molar-refractivity contribution in [3.8, 4) is 5.75 Å². The molecule has 21 heavy (non-hydrogen) atoms. The average molecular weight is 286 g/mol. The van der Waals surface area contributed by atoms with E-state index in [1.165, 1.54) is 12.1 Å². The van der Waals surface area contributed by atoms with Crippen LogP contribution in [0.15, 0.2) is 42.5 Å². The van der Waals surface area contributed by atoms with E-state index in [1.54, 1.807) is 6.07 Å². The molecule has 1 aliphatic heterocycles. The molecule has 1 N–H and O–H groups in total. The standard InChI is InChI=1S/C18H19FO2/c1-12-6-7-14(19)11-16(12)17(20)10-13-8-9-21-18-5-3-2-4-15(13)18/h2-7,11,13,17,20H,8-10H2,1H3. The number of hydrogen-bond acceptors (Lipinski definition) is 2. The molecule has 0 saturated carbocycles. The highest BCUT2D eigenvalue weighted by Crippen LogP contribution is 2.39. The summed E-state index contributed by atoms with van der Waals surface area (Å²) in [6, 6.07) is 12.5. The van der Waals surface area contributed by atoms with Gasteiger partial charge in [0.1, 0.15) is 11.6 Å². The van der Waals surface area contributed by atoms with Crippen LogP contribution in [0.2, 0.25) is 0 Å². The van der Waals surface area contributed by atoms with Gasteiger partial charge in [0.25, 0.3) is 0 Å². The lowest BCUT2D eigenvalue weighted by Crippen LogP contribution is -2.16. The third-order valence-electron chi connectivity index (χ3n) is 4.19. The molecule has 0 spiro atoms. The second-order valence-corrected chi connectivity index (χ2v) is 5.62. The smallest absolute Gasteiger partial charge is 0.123 e. The molecule has 110 valence electrons. The van der Waals surface area contributed by atoms with E-state index in [-0.39, 0.29) is 11.7 Å². The minimum atomic E-state index is -0.656. The highest BCUT2D eigenvalue weighted by Gasteiger charge is 2.24. The van der Waals surface area contributed by atoms with Crippen molar-refractivity contribution >= 4 is 0 Å². The van der Waals surface area contributed by atoms with Crippen molar-refractivity contribution in [1.29, 1.82) is 0 Å². The van der Waals surface area contributed by atoms with Crippen molar-refractivity contribution in [3.63, 3.8) is 0 Å². The number of ether oxygens (including phenoxy) is 1. The minimum Gasteiger partial charge on any atom is -0.493 e. The maximum absolute atomic E-state index is 13.4. The van der Waals surface area contributed by atoms with Crippen molar-refractivity contribution in [2.75, 3.05) is 6.61 Å². The van der Waals surface area contributed by atoms with E-state index in [1.807, 2.05) is 31.2 Å². The Hall–Kier alpha value is -1.87. The van der Waals surface area contributed by atoms with E-state index in [4.69, 9.17) is 4.74 Å². The van der Waals surface area contributed by atoms with Gasteiger partial charge in [0.15, 0.2) is 0 Å². The third kappa shape index (κ3) is 2.93. The van der Waals surface area contributed by atoms with Crippen LogP contribution in [0.3, 0.4) is 0 Å². The first-order chi connectivity index (χ1) is 10.1. The summed E-state index contributed by atoms with van der Waals surface area (Å²) < 4.78 is 19.0. The molecule has 2 unspecified atom stereocenters. The number of rotatable bonds is 3. The van der Waals surface area contributed by atoms with E-state index in [0.717, 1.165) is 23.3 Å². The molecule has 0 radical (unpaired) electrons. The van der Waals surface area contributed by atoms with Crippen molar-refractivity contribution < 1.29 is 14.2 Å². The summed E-state index contributed by atoms with van der Waals surface area (Å²) >= 11 is 0. The Morgan fingerprint density at radius 1 is 1.29 bits per heavy atom. The van der Waals surface area contributed by atoms with Crippen LogP contribution >= 0.6 is 0 Å². The number of aliphatic hydroxyl groups excluding tert-OH is 1. The predicted molar refractivity (Wildman–Crippen MR) is 80.0 cm³/mol. The molecule has 0 bridgehead atoms. The monoisotopic (exact) mass is 286 g/mol. The van der Waals surface area contributed by atoms with Crippen LogP contribution in [-0.4, -0.2) is 11.7 Å². The third-order valence-corrected chi connectivity index (χ3v) is 4.19. The van der Waals surface area contributed by atoms with Crippen LogP contribution in [0.5, 0.6) is 5.75 Å². The minimum absolute atomic E-state index is 0.243. The van der Waals surface area contributed by atoms with Gasteiger partial charge in [-0.1, -0.05) is 24.3 Å². The number of aliphatic hydroxyl groups is 1. The first-order valence-corrected chi connectivity index (χ1v) is 7.31. The van der Waals surface area contributed by atoms with E-state index in [9.17, 15) is 9.50 Å².